The lowest BCUT2D eigenvalue weighted by molar-refractivity contribution is 0.0670. The van der Waals surface area contributed by atoms with Gasteiger partial charge in [-0.05, 0) is 49.9 Å². The first-order chi connectivity index (χ1) is 14.8. The minimum absolute atomic E-state index is 0.0761. The molecule has 1 heterocycles. The number of carbonyl (C=O) groups excluding carboxylic acids is 1. The highest BCUT2D eigenvalue weighted by Crippen LogP contribution is 2.20. The summed E-state index contributed by atoms with van der Waals surface area (Å²) in [5.74, 6) is 0.234. The molecule has 0 saturated carbocycles. The van der Waals surface area contributed by atoms with Crippen molar-refractivity contribution in [3.63, 3.8) is 0 Å². The Morgan fingerprint density at radius 1 is 1.13 bits per heavy atom. The Kier molecular flexibility index (Phi) is 8.06. The molecule has 31 heavy (non-hydrogen) atoms. The molecule has 8 heteroatoms. The predicted octanol–water partition coefficient (Wildman–Crippen LogP) is 3.00. The summed E-state index contributed by atoms with van der Waals surface area (Å²) in [6, 6.07) is 14.2. The fourth-order valence-electron chi connectivity index (χ4n) is 3.39. The number of nitrogens with one attached hydrogen (secondary N) is 2. The van der Waals surface area contributed by atoms with E-state index in [-0.39, 0.29) is 23.8 Å². The number of rotatable bonds is 10. The molecule has 0 aromatic heterocycles. The first-order valence-corrected chi connectivity index (χ1v) is 12.2. The van der Waals surface area contributed by atoms with Gasteiger partial charge in [0.2, 0.25) is 10.0 Å². The van der Waals surface area contributed by atoms with Crippen molar-refractivity contribution in [2.45, 2.75) is 51.1 Å². The summed E-state index contributed by atoms with van der Waals surface area (Å²) in [5, 5.41) is 2.90. The van der Waals surface area contributed by atoms with Crippen LogP contribution in [0, 0.1) is 0 Å². The molecule has 7 nitrogen and oxygen atoms in total. The zero-order valence-electron chi connectivity index (χ0n) is 18.0. The van der Waals surface area contributed by atoms with E-state index in [1.807, 2.05) is 18.2 Å². The number of carbonyl (C=O) groups is 1. The highest BCUT2D eigenvalue weighted by molar-refractivity contribution is 7.88. The molecule has 168 valence electrons. The van der Waals surface area contributed by atoms with Crippen molar-refractivity contribution in [2.24, 2.45) is 0 Å². The quantitative estimate of drug-likeness (QED) is 0.585. The van der Waals surface area contributed by atoms with Gasteiger partial charge in [-0.25, -0.2) is 13.1 Å². The molecular weight excluding hydrogens is 416 g/mol. The third-order valence-corrected chi connectivity index (χ3v) is 6.37. The van der Waals surface area contributed by atoms with Crippen molar-refractivity contribution in [1.29, 1.82) is 0 Å². The fraction of sp³-hybridized carbons (Fsp3) is 0.435. The van der Waals surface area contributed by atoms with Crippen LogP contribution in [0.2, 0.25) is 0 Å². The molecule has 1 fully saturated rings. The lowest BCUT2D eigenvalue weighted by Gasteiger charge is -2.14. The van der Waals surface area contributed by atoms with E-state index in [0.29, 0.717) is 30.0 Å². The number of benzene rings is 2. The lowest BCUT2D eigenvalue weighted by Crippen LogP contribution is -2.31. The summed E-state index contributed by atoms with van der Waals surface area (Å²) in [5.41, 5.74) is 2.04. The van der Waals surface area contributed by atoms with E-state index in [9.17, 15) is 13.2 Å². The third kappa shape index (κ3) is 7.34. The van der Waals surface area contributed by atoms with Crippen LogP contribution >= 0.6 is 0 Å². The van der Waals surface area contributed by atoms with Crippen LogP contribution in [0.15, 0.2) is 48.5 Å². The van der Waals surface area contributed by atoms with E-state index in [4.69, 9.17) is 9.47 Å². The van der Waals surface area contributed by atoms with Gasteiger partial charge in [0.05, 0.1) is 17.4 Å². The van der Waals surface area contributed by atoms with Crippen molar-refractivity contribution >= 4 is 15.9 Å². The van der Waals surface area contributed by atoms with Crippen LogP contribution in [-0.2, 0) is 27.1 Å². The Balaban J connectivity index is 1.55. The second-order valence-corrected chi connectivity index (χ2v) is 9.73. The molecule has 0 bridgehead atoms. The van der Waals surface area contributed by atoms with Crippen LogP contribution in [0.3, 0.4) is 0 Å². The van der Waals surface area contributed by atoms with E-state index >= 15 is 0 Å². The largest absolute Gasteiger partial charge is 0.490 e. The van der Waals surface area contributed by atoms with Crippen LogP contribution < -0.4 is 14.8 Å². The SMILES string of the molecule is CC(C)NS(=O)(=O)Cc1ccc(CNC(=O)c2ccccc2OCC2CCCO2)cc1. The summed E-state index contributed by atoms with van der Waals surface area (Å²) < 4.78 is 38.1. The molecule has 2 aromatic carbocycles. The summed E-state index contributed by atoms with van der Waals surface area (Å²) in [6.07, 6.45) is 2.09. The van der Waals surface area contributed by atoms with Crippen LogP contribution in [-0.4, -0.2) is 39.7 Å². The van der Waals surface area contributed by atoms with Gasteiger partial charge >= 0.3 is 0 Å². The average molecular weight is 447 g/mol. The molecule has 1 saturated heterocycles. The van der Waals surface area contributed by atoms with Crippen molar-refractivity contribution < 1.29 is 22.7 Å². The Morgan fingerprint density at radius 2 is 1.84 bits per heavy atom. The minimum Gasteiger partial charge on any atom is -0.490 e. The number of amides is 1. The van der Waals surface area contributed by atoms with E-state index < -0.39 is 10.0 Å². The van der Waals surface area contributed by atoms with E-state index in [2.05, 4.69) is 10.0 Å². The summed E-state index contributed by atoms with van der Waals surface area (Å²) in [4.78, 5) is 12.7. The van der Waals surface area contributed by atoms with Gasteiger partial charge in [-0.3, -0.25) is 4.79 Å². The Hall–Kier alpha value is -2.42. The number of hydrogen-bond acceptors (Lipinski definition) is 5. The number of para-hydroxylation sites is 1. The van der Waals surface area contributed by atoms with Gasteiger partial charge in [-0.15, -0.1) is 0 Å². The van der Waals surface area contributed by atoms with Gasteiger partial charge in [0.15, 0.2) is 0 Å². The van der Waals surface area contributed by atoms with Gasteiger partial charge in [0.25, 0.3) is 5.91 Å². The lowest BCUT2D eigenvalue weighted by atomic mass is 10.1. The second kappa shape index (κ2) is 10.7. The first kappa shape index (κ1) is 23.2. The molecule has 1 aliphatic rings. The van der Waals surface area contributed by atoms with E-state index in [1.165, 1.54) is 0 Å². The van der Waals surface area contributed by atoms with E-state index in [0.717, 1.165) is 25.0 Å². The number of sulfonamides is 1. The zero-order valence-corrected chi connectivity index (χ0v) is 18.8. The van der Waals surface area contributed by atoms with Crippen molar-refractivity contribution in [3.8, 4) is 5.75 Å². The molecule has 1 amide bonds. The molecule has 3 rings (SSSR count). The van der Waals surface area contributed by atoms with Gasteiger partial charge in [-0.1, -0.05) is 36.4 Å². The molecule has 1 aliphatic heterocycles. The zero-order chi connectivity index (χ0) is 22.3. The molecule has 1 atom stereocenters. The highest BCUT2D eigenvalue weighted by atomic mass is 32.2. The van der Waals surface area contributed by atoms with Crippen molar-refractivity contribution in [1.82, 2.24) is 10.0 Å². The average Bonchev–Trinajstić information content (AvgIpc) is 3.24. The molecule has 2 aromatic rings. The standard InChI is InChI=1S/C23H30N2O5S/c1-17(2)25-31(27,28)16-19-11-9-18(10-12-19)14-24-23(26)21-7-3-4-8-22(21)30-15-20-6-5-13-29-20/h3-4,7-12,17,20,25H,5-6,13-16H2,1-2H3,(H,24,26). The molecule has 2 N–H and O–H groups in total. The van der Waals surface area contributed by atoms with Crippen LogP contribution in [0.5, 0.6) is 5.75 Å². The summed E-state index contributed by atoms with van der Waals surface area (Å²) in [7, 11) is -3.37. The summed E-state index contributed by atoms with van der Waals surface area (Å²) >= 11 is 0. The van der Waals surface area contributed by atoms with Gasteiger partial charge in [0, 0.05) is 19.2 Å². The van der Waals surface area contributed by atoms with Crippen LogP contribution in [0.25, 0.3) is 0 Å². The maximum atomic E-state index is 12.7. The Bertz CT molecular complexity index is 968. The number of ether oxygens (including phenoxy) is 2. The van der Waals surface area contributed by atoms with E-state index in [1.54, 1.807) is 44.2 Å². The maximum Gasteiger partial charge on any atom is 0.255 e. The first-order valence-electron chi connectivity index (χ1n) is 10.5. The van der Waals surface area contributed by atoms with Crippen LogP contribution in [0.1, 0.15) is 48.2 Å². The maximum absolute atomic E-state index is 12.7. The van der Waals surface area contributed by atoms with Crippen molar-refractivity contribution in [2.75, 3.05) is 13.2 Å². The number of hydrogen-bond donors (Lipinski definition) is 2. The third-order valence-electron chi connectivity index (χ3n) is 4.83. The smallest absolute Gasteiger partial charge is 0.255 e. The van der Waals surface area contributed by atoms with Gasteiger partial charge < -0.3 is 14.8 Å². The molecular formula is C23H30N2O5S. The minimum atomic E-state index is -3.37. The Morgan fingerprint density at radius 3 is 2.52 bits per heavy atom. The Labute approximate surface area is 184 Å². The highest BCUT2D eigenvalue weighted by Gasteiger charge is 2.18. The predicted molar refractivity (Wildman–Crippen MR) is 119 cm³/mol. The molecule has 0 spiro atoms. The van der Waals surface area contributed by atoms with Gasteiger partial charge in [-0.2, -0.15) is 0 Å². The fourth-order valence-corrected chi connectivity index (χ4v) is 4.82. The monoisotopic (exact) mass is 446 g/mol. The summed E-state index contributed by atoms with van der Waals surface area (Å²) in [6.45, 7) is 5.09. The molecule has 0 aliphatic carbocycles. The molecule has 0 radical (unpaired) electrons. The topological polar surface area (TPSA) is 93.7 Å². The normalized spacial score (nSPS) is 16.4. The molecule has 1 unspecified atom stereocenters. The van der Waals surface area contributed by atoms with Crippen LogP contribution in [0.4, 0.5) is 0 Å². The van der Waals surface area contributed by atoms with Gasteiger partial charge in [0.1, 0.15) is 12.4 Å². The second-order valence-electron chi connectivity index (χ2n) is 7.97. The van der Waals surface area contributed by atoms with Crippen molar-refractivity contribution in [3.05, 3.63) is 65.2 Å².